The van der Waals surface area contributed by atoms with Crippen LogP contribution in [-0.4, -0.2) is 40.7 Å². The lowest BCUT2D eigenvalue weighted by Crippen LogP contribution is -2.05. The van der Waals surface area contributed by atoms with E-state index in [4.69, 9.17) is 14.2 Å². The average molecular weight is 292 g/mol. The number of hydrogen-bond donors (Lipinski definition) is 0. The van der Waals surface area contributed by atoms with Gasteiger partial charge in [0.25, 0.3) is 0 Å². The number of carbonyl (C=O) groups excluding carboxylic acids is 1. The Bertz CT molecular complexity index is 513. The number of ether oxygens (including phenoxy) is 4. The van der Waals surface area contributed by atoms with Gasteiger partial charge in [-0.2, -0.15) is 0 Å². The third kappa shape index (κ3) is 6.30. The Labute approximate surface area is 125 Å². The number of hydrogen-bond acceptors (Lipinski definition) is 5. The number of carbonyl (C=O) groups is 1. The third-order valence-corrected chi connectivity index (χ3v) is 2.61. The van der Waals surface area contributed by atoms with E-state index in [1.165, 1.54) is 7.11 Å². The minimum Gasteiger partial charge on any atom is -0.469 e. The van der Waals surface area contributed by atoms with Crippen molar-refractivity contribution >= 4 is 5.97 Å². The van der Waals surface area contributed by atoms with Crippen molar-refractivity contribution in [3.8, 4) is 17.6 Å². The van der Waals surface area contributed by atoms with Gasteiger partial charge in [0.2, 0.25) is 0 Å². The molecule has 0 aliphatic rings. The molecule has 0 amide bonds. The van der Waals surface area contributed by atoms with Crippen molar-refractivity contribution in [1.82, 2.24) is 0 Å². The van der Waals surface area contributed by atoms with Crippen molar-refractivity contribution in [2.75, 3.05) is 34.7 Å². The molecule has 0 aromatic heterocycles. The molecule has 0 aliphatic carbocycles. The first kappa shape index (κ1) is 17.0. The molecule has 0 N–H and O–H groups in total. The van der Waals surface area contributed by atoms with E-state index in [9.17, 15) is 4.79 Å². The van der Waals surface area contributed by atoms with Crippen molar-refractivity contribution in [1.29, 1.82) is 0 Å². The van der Waals surface area contributed by atoms with Crippen LogP contribution < -0.4 is 4.74 Å². The lowest BCUT2D eigenvalue weighted by Gasteiger charge is -2.09. The Hall–Kier alpha value is -2.03. The summed E-state index contributed by atoms with van der Waals surface area (Å²) in [6.45, 7) is 0.714. The van der Waals surface area contributed by atoms with Gasteiger partial charge in [-0.05, 0) is 17.7 Å². The molecule has 114 valence electrons. The first-order valence-corrected chi connectivity index (χ1v) is 6.50. The summed E-state index contributed by atoms with van der Waals surface area (Å²) in [6.07, 6.45) is 0.829. The van der Waals surface area contributed by atoms with Crippen LogP contribution in [0.15, 0.2) is 18.2 Å². The van der Waals surface area contributed by atoms with Gasteiger partial charge in [-0.1, -0.05) is 17.9 Å². The van der Waals surface area contributed by atoms with Crippen LogP contribution in [0.5, 0.6) is 5.75 Å². The predicted molar refractivity (Wildman–Crippen MR) is 78.0 cm³/mol. The number of benzene rings is 1. The molecule has 0 fully saturated rings. The second-order valence-electron chi connectivity index (χ2n) is 4.18. The van der Waals surface area contributed by atoms with Crippen LogP contribution >= 0.6 is 0 Å². The topological polar surface area (TPSA) is 54.0 Å². The molecule has 0 saturated heterocycles. The Balaban J connectivity index is 2.91. The van der Waals surface area contributed by atoms with E-state index in [2.05, 4.69) is 16.6 Å². The van der Waals surface area contributed by atoms with Gasteiger partial charge >= 0.3 is 5.97 Å². The van der Waals surface area contributed by atoms with E-state index >= 15 is 0 Å². The van der Waals surface area contributed by atoms with Crippen molar-refractivity contribution in [3.63, 3.8) is 0 Å². The fourth-order valence-corrected chi connectivity index (χ4v) is 1.58. The maximum absolute atomic E-state index is 11.3. The molecule has 0 radical (unpaired) electrons. The second-order valence-corrected chi connectivity index (χ2v) is 4.18. The number of esters is 1. The normalized spacial score (nSPS) is 9.67. The molecule has 5 nitrogen and oxygen atoms in total. The standard InChI is InChI=1S/C16H20O5/c1-18-9-5-4-6-14-10-13(11-16(17)20-3)7-8-15(14)21-12-19-2/h7-8,10H,5,9,11-12H2,1-3H3. The van der Waals surface area contributed by atoms with E-state index in [0.717, 1.165) is 5.56 Å². The molecule has 0 atom stereocenters. The molecule has 0 heterocycles. The zero-order chi connectivity index (χ0) is 15.5. The van der Waals surface area contributed by atoms with Crippen molar-refractivity contribution in [2.24, 2.45) is 0 Å². The molecule has 5 heteroatoms. The Morgan fingerprint density at radius 2 is 2.00 bits per heavy atom. The van der Waals surface area contributed by atoms with E-state index in [0.29, 0.717) is 24.3 Å². The predicted octanol–water partition coefficient (Wildman–Crippen LogP) is 1.77. The highest BCUT2D eigenvalue weighted by molar-refractivity contribution is 5.72. The summed E-state index contributed by atoms with van der Waals surface area (Å²) in [7, 11) is 4.55. The van der Waals surface area contributed by atoms with Crippen LogP contribution in [0.4, 0.5) is 0 Å². The van der Waals surface area contributed by atoms with Gasteiger partial charge in [-0.15, -0.1) is 0 Å². The largest absolute Gasteiger partial charge is 0.469 e. The summed E-state index contributed by atoms with van der Waals surface area (Å²) in [5.74, 6) is 6.36. The van der Waals surface area contributed by atoms with Crippen LogP contribution in [0.3, 0.4) is 0 Å². The molecular formula is C16H20O5. The first-order valence-electron chi connectivity index (χ1n) is 6.50. The molecule has 1 rings (SSSR count). The maximum Gasteiger partial charge on any atom is 0.309 e. The molecule has 0 bridgehead atoms. The molecule has 1 aromatic rings. The van der Waals surface area contributed by atoms with Gasteiger partial charge in [0.1, 0.15) is 5.75 Å². The smallest absolute Gasteiger partial charge is 0.309 e. The lowest BCUT2D eigenvalue weighted by molar-refractivity contribution is -0.139. The van der Waals surface area contributed by atoms with Gasteiger partial charge < -0.3 is 18.9 Å². The van der Waals surface area contributed by atoms with E-state index in [1.54, 1.807) is 20.3 Å². The summed E-state index contributed by atoms with van der Waals surface area (Å²) >= 11 is 0. The van der Waals surface area contributed by atoms with Crippen molar-refractivity contribution in [3.05, 3.63) is 29.3 Å². The second kappa shape index (κ2) is 9.81. The lowest BCUT2D eigenvalue weighted by atomic mass is 10.1. The molecule has 0 unspecified atom stereocenters. The molecule has 1 aromatic carbocycles. The van der Waals surface area contributed by atoms with Crippen LogP contribution in [0.2, 0.25) is 0 Å². The first-order chi connectivity index (χ1) is 10.2. The van der Waals surface area contributed by atoms with Gasteiger partial charge in [0, 0.05) is 20.6 Å². The molecule has 21 heavy (non-hydrogen) atoms. The highest BCUT2D eigenvalue weighted by Crippen LogP contribution is 2.20. The van der Waals surface area contributed by atoms with Crippen LogP contribution in [0, 0.1) is 11.8 Å². The van der Waals surface area contributed by atoms with Gasteiger partial charge in [0.05, 0.1) is 25.7 Å². The minimum atomic E-state index is -0.293. The molecule has 0 aliphatic heterocycles. The van der Waals surface area contributed by atoms with Crippen LogP contribution in [-0.2, 0) is 25.4 Å². The third-order valence-electron chi connectivity index (χ3n) is 2.61. The Morgan fingerprint density at radius 3 is 2.67 bits per heavy atom. The van der Waals surface area contributed by atoms with Gasteiger partial charge in [-0.3, -0.25) is 4.79 Å². The fourth-order valence-electron chi connectivity index (χ4n) is 1.58. The zero-order valence-electron chi connectivity index (χ0n) is 12.6. The van der Waals surface area contributed by atoms with Crippen molar-refractivity contribution < 1.29 is 23.7 Å². The summed E-state index contributed by atoms with van der Waals surface area (Å²) in [5.41, 5.74) is 1.53. The SMILES string of the molecule is COCCC#Cc1cc(CC(=O)OC)ccc1OCOC. The number of rotatable bonds is 7. The monoisotopic (exact) mass is 292 g/mol. The number of methoxy groups -OCH3 is 3. The summed E-state index contributed by atoms with van der Waals surface area (Å²) in [4.78, 5) is 11.3. The van der Waals surface area contributed by atoms with E-state index in [-0.39, 0.29) is 19.2 Å². The summed E-state index contributed by atoms with van der Waals surface area (Å²) < 4.78 is 20.0. The Kier molecular flexibility index (Phi) is 7.95. The molecule has 0 saturated carbocycles. The fraction of sp³-hybridized carbons (Fsp3) is 0.438. The molecule has 0 spiro atoms. The van der Waals surface area contributed by atoms with Crippen molar-refractivity contribution in [2.45, 2.75) is 12.8 Å². The summed E-state index contributed by atoms with van der Waals surface area (Å²) in [6, 6.07) is 5.40. The minimum absolute atomic E-state index is 0.142. The maximum atomic E-state index is 11.3. The highest BCUT2D eigenvalue weighted by Gasteiger charge is 2.07. The van der Waals surface area contributed by atoms with E-state index < -0.39 is 0 Å². The molecular weight excluding hydrogens is 272 g/mol. The van der Waals surface area contributed by atoms with Gasteiger partial charge in [0.15, 0.2) is 6.79 Å². The zero-order valence-corrected chi connectivity index (χ0v) is 12.6. The van der Waals surface area contributed by atoms with Gasteiger partial charge in [-0.25, -0.2) is 0 Å². The van der Waals surface area contributed by atoms with Crippen LogP contribution in [0.1, 0.15) is 17.5 Å². The highest BCUT2D eigenvalue weighted by atomic mass is 16.7. The summed E-state index contributed by atoms with van der Waals surface area (Å²) in [5, 5.41) is 0. The van der Waals surface area contributed by atoms with E-state index in [1.807, 2.05) is 12.1 Å². The quantitative estimate of drug-likeness (QED) is 0.332. The average Bonchev–Trinajstić information content (AvgIpc) is 2.50. The Morgan fingerprint density at radius 1 is 1.19 bits per heavy atom. The van der Waals surface area contributed by atoms with Crippen LogP contribution in [0.25, 0.3) is 0 Å².